The van der Waals surface area contributed by atoms with Crippen molar-refractivity contribution in [1.82, 2.24) is 4.57 Å². The Hall–Kier alpha value is -3.17. The SMILES string of the molecule is CCCC1=C(C(=O)OCC)[C@H](c2cc(OC)ccc2OC)n2c(s/c(=C\c3cc(I)cc(I)c3OCc3ccccc3)c2=O)=N1. The lowest BCUT2D eigenvalue weighted by Crippen LogP contribution is -2.40. The van der Waals surface area contributed by atoms with Crippen molar-refractivity contribution >= 4 is 68.6 Å². The third-order valence-electron chi connectivity index (χ3n) is 7.17. The lowest BCUT2D eigenvalue weighted by molar-refractivity contribution is -0.139. The molecule has 11 heteroatoms. The number of benzene rings is 3. The molecule has 0 bridgehead atoms. The molecule has 0 saturated carbocycles. The number of methoxy groups -OCH3 is 2. The van der Waals surface area contributed by atoms with Crippen LogP contribution in [-0.2, 0) is 16.1 Å². The molecule has 0 spiro atoms. The molecule has 0 fully saturated rings. The second-order valence-electron chi connectivity index (χ2n) is 10.1. The first-order valence-corrected chi connectivity index (χ1v) is 17.4. The van der Waals surface area contributed by atoms with Crippen LogP contribution in [0.15, 0.2) is 81.7 Å². The molecule has 45 heavy (non-hydrogen) atoms. The number of esters is 1. The highest BCUT2D eigenvalue weighted by atomic mass is 127. The second kappa shape index (κ2) is 14.9. The number of nitrogens with zero attached hydrogens (tertiary/aromatic N) is 2. The summed E-state index contributed by atoms with van der Waals surface area (Å²) in [7, 11) is 3.13. The highest BCUT2D eigenvalue weighted by Crippen LogP contribution is 2.39. The number of fused-ring (bicyclic) bond motifs is 1. The minimum Gasteiger partial charge on any atom is -0.497 e. The summed E-state index contributed by atoms with van der Waals surface area (Å²) in [5.74, 6) is 1.26. The Morgan fingerprint density at radius 1 is 1.04 bits per heavy atom. The molecule has 0 saturated heterocycles. The third kappa shape index (κ3) is 7.14. The molecule has 0 unspecified atom stereocenters. The van der Waals surface area contributed by atoms with Crippen molar-refractivity contribution in [2.45, 2.75) is 39.3 Å². The molecule has 234 valence electrons. The number of hydrogen-bond donors (Lipinski definition) is 0. The van der Waals surface area contributed by atoms with E-state index in [2.05, 4.69) is 45.2 Å². The zero-order valence-corrected chi connectivity index (χ0v) is 30.4. The van der Waals surface area contributed by atoms with Gasteiger partial charge in [0.05, 0.1) is 40.2 Å². The summed E-state index contributed by atoms with van der Waals surface area (Å²) in [6, 6.07) is 18.5. The summed E-state index contributed by atoms with van der Waals surface area (Å²) in [5, 5.41) is 0. The van der Waals surface area contributed by atoms with Crippen LogP contribution in [0, 0.1) is 7.14 Å². The van der Waals surface area contributed by atoms with Gasteiger partial charge in [-0.15, -0.1) is 0 Å². The van der Waals surface area contributed by atoms with Crippen molar-refractivity contribution in [2.75, 3.05) is 20.8 Å². The summed E-state index contributed by atoms with van der Waals surface area (Å²) in [5.41, 5.74) is 3.05. The summed E-state index contributed by atoms with van der Waals surface area (Å²) < 4.78 is 27.1. The van der Waals surface area contributed by atoms with Gasteiger partial charge in [-0.2, -0.15) is 0 Å². The van der Waals surface area contributed by atoms with Crippen LogP contribution in [0.5, 0.6) is 17.2 Å². The summed E-state index contributed by atoms with van der Waals surface area (Å²) in [6.07, 6.45) is 3.14. The zero-order valence-electron chi connectivity index (χ0n) is 25.3. The average Bonchev–Trinajstić information content (AvgIpc) is 3.34. The number of allylic oxidation sites excluding steroid dienone is 1. The van der Waals surface area contributed by atoms with Gasteiger partial charge in [0.15, 0.2) is 4.80 Å². The van der Waals surface area contributed by atoms with E-state index in [1.807, 2.05) is 55.5 Å². The molecule has 1 aliphatic rings. The summed E-state index contributed by atoms with van der Waals surface area (Å²) in [4.78, 5) is 33.4. The van der Waals surface area contributed by atoms with Gasteiger partial charge in [-0.05, 0) is 100 Å². The Labute approximate surface area is 292 Å². The van der Waals surface area contributed by atoms with Gasteiger partial charge in [-0.25, -0.2) is 9.79 Å². The number of halogens is 2. The first-order chi connectivity index (χ1) is 21.8. The molecule has 1 aliphatic heterocycles. The summed E-state index contributed by atoms with van der Waals surface area (Å²) >= 11 is 5.81. The molecule has 1 aromatic heterocycles. The standard InChI is InChI=1S/C34H32I2N2O6S/c1-5-10-26-29(33(40)43-6-2)30(24-18-23(41-3)13-14-27(24)42-4)38-32(39)28(45-34(38)37-26)16-21-15-22(35)17-25(36)31(21)44-19-20-11-8-7-9-12-20/h7-9,11-18,30H,5-6,10,19H2,1-4H3/b28-16-/t30-/m0/s1. The van der Waals surface area contributed by atoms with Crippen molar-refractivity contribution < 1.29 is 23.7 Å². The molecule has 5 rings (SSSR count). The molecule has 4 aromatic rings. The van der Waals surface area contributed by atoms with E-state index in [1.165, 1.54) is 11.3 Å². The number of aromatic nitrogens is 1. The number of hydrogen-bond acceptors (Lipinski definition) is 8. The third-order valence-corrected chi connectivity index (χ3v) is 9.58. The van der Waals surface area contributed by atoms with Crippen LogP contribution in [0.25, 0.3) is 6.08 Å². The van der Waals surface area contributed by atoms with Crippen LogP contribution in [0.2, 0.25) is 0 Å². The maximum atomic E-state index is 14.4. The molecule has 3 aromatic carbocycles. The van der Waals surface area contributed by atoms with Gasteiger partial charge >= 0.3 is 5.97 Å². The molecule has 2 heterocycles. The predicted molar refractivity (Wildman–Crippen MR) is 192 cm³/mol. The van der Waals surface area contributed by atoms with Crippen LogP contribution in [0.1, 0.15) is 49.4 Å². The quantitative estimate of drug-likeness (QED) is 0.129. The maximum absolute atomic E-state index is 14.4. The minimum atomic E-state index is -0.834. The van der Waals surface area contributed by atoms with E-state index in [4.69, 9.17) is 23.9 Å². The van der Waals surface area contributed by atoms with Gasteiger partial charge in [0, 0.05) is 14.7 Å². The molecule has 0 radical (unpaired) electrons. The Morgan fingerprint density at radius 2 is 1.82 bits per heavy atom. The Bertz CT molecular complexity index is 1930. The van der Waals surface area contributed by atoms with Crippen molar-refractivity contribution in [1.29, 1.82) is 0 Å². The van der Waals surface area contributed by atoms with Gasteiger partial charge in [0.25, 0.3) is 5.56 Å². The van der Waals surface area contributed by atoms with Crippen molar-refractivity contribution in [3.63, 3.8) is 0 Å². The lowest BCUT2D eigenvalue weighted by atomic mass is 9.93. The fraction of sp³-hybridized carbons (Fsp3) is 0.265. The zero-order chi connectivity index (χ0) is 32.1. The van der Waals surface area contributed by atoms with E-state index in [9.17, 15) is 9.59 Å². The Balaban J connectivity index is 1.74. The predicted octanol–water partition coefficient (Wildman–Crippen LogP) is 6.38. The van der Waals surface area contributed by atoms with Crippen LogP contribution in [0.4, 0.5) is 0 Å². The van der Waals surface area contributed by atoms with Crippen molar-refractivity contribution in [2.24, 2.45) is 4.99 Å². The van der Waals surface area contributed by atoms with Crippen LogP contribution in [0.3, 0.4) is 0 Å². The molecule has 8 nitrogen and oxygen atoms in total. The van der Waals surface area contributed by atoms with Crippen LogP contribution >= 0.6 is 56.5 Å². The molecule has 0 aliphatic carbocycles. The normalized spacial score (nSPS) is 14.5. The first-order valence-electron chi connectivity index (χ1n) is 14.4. The molecular weight excluding hydrogens is 818 g/mol. The smallest absolute Gasteiger partial charge is 0.338 e. The van der Waals surface area contributed by atoms with Gasteiger partial charge in [-0.1, -0.05) is 55.0 Å². The minimum absolute atomic E-state index is 0.186. The van der Waals surface area contributed by atoms with Crippen molar-refractivity contribution in [3.05, 3.63) is 115 Å². The van der Waals surface area contributed by atoms with Crippen LogP contribution in [-0.4, -0.2) is 31.4 Å². The maximum Gasteiger partial charge on any atom is 0.338 e. The monoisotopic (exact) mass is 850 g/mol. The first kappa shape index (κ1) is 33.2. The largest absolute Gasteiger partial charge is 0.497 e. The number of ether oxygens (including phenoxy) is 4. The van der Waals surface area contributed by atoms with E-state index in [0.717, 1.165) is 24.7 Å². The van der Waals surface area contributed by atoms with E-state index in [1.54, 1.807) is 43.9 Å². The van der Waals surface area contributed by atoms with Crippen molar-refractivity contribution in [3.8, 4) is 17.2 Å². The van der Waals surface area contributed by atoms with E-state index >= 15 is 0 Å². The lowest BCUT2D eigenvalue weighted by Gasteiger charge is -2.27. The molecule has 0 amide bonds. The van der Waals surface area contributed by atoms with E-state index in [-0.39, 0.29) is 12.2 Å². The molecule has 1 atom stereocenters. The fourth-order valence-electron chi connectivity index (χ4n) is 5.18. The Kier molecular flexibility index (Phi) is 11.0. The number of carbonyl (C=O) groups is 1. The fourth-order valence-corrected chi connectivity index (χ4v) is 8.24. The van der Waals surface area contributed by atoms with Gasteiger partial charge in [-0.3, -0.25) is 9.36 Å². The van der Waals surface area contributed by atoms with E-state index in [0.29, 0.717) is 56.4 Å². The van der Waals surface area contributed by atoms with Gasteiger partial charge in [0.2, 0.25) is 0 Å². The summed E-state index contributed by atoms with van der Waals surface area (Å²) in [6.45, 7) is 4.36. The Morgan fingerprint density at radius 3 is 2.51 bits per heavy atom. The molecular formula is C34H32I2N2O6S. The van der Waals surface area contributed by atoms with Gasteiger partial charge < -0.3 is 18.9 Å². The number of carbonyl (C=O) groups excluding carboxylic acids is 1. The topological polar surface area (TPSA) is 88.4 Å². The number of rotatable bonds is 11. The highest BCUT2D eigenvalue weighted by Gasteiger charge is 2.36. The van der Waals surface area contributed by atoms with Crippen LogP contribution < -0.4 is 29.1 Å². The van der Waals surface area contributed by atoms with Gasteiger partial charge in [0.1, 0.15) is 29.9 Å². The highest BCUT2D eigenvalue weighted by molar-refractivity contribution is 14.1. The van der Waals surface area contributed by atoms with E-state index < -0.39 is 12.0 Å². The second-order valence-corrected chi connectivity index (χ2v) is 13.5. The number of thiazole rings is 1. The molecule has 0 N–H and O–H groups in total. The average molecular weight is 851 g/mol.